The lowest BCUT2D eigenvalue weighted by molar-refractivity contribution is 0.0351. The fourth-order valence-electron chi connectivity index (χ4n) is 2.38. The molecule has 106 valence electrons. The Hall–Kier alpha value is -1.42. The molecule has 0 aromatic heterocycles. The molecule has 0 aliphatic carbocycles. The van der Waals surface area contributed by atoms with E-state index in [2.05, 4.69) is 4.90 Å². The van der Waals surface area contributed by atoms with Gasteiger partial charge >= 0.3 is 0 Å². The highest BCUT2D eigenvalue weighted by molar-refractivity contribution is 5.60. The summed E-state index contributed by atoms with van der Waals surface area (Å²) in [6.45, 7) is 7.59. The molecular formula is C15H24N2O2. The van der Waals surface area contributed by atoms with Gasteiger partial charge in [-0.05, 0) is 39.7 Å². The second-order valence-electron chi connectivity index (χ2n) is 5.91. The van der Waals surface area contributed by atoms with Crippen LogP contribution in [-0.2, 0) is 0 Å². The molecule has 0 atom stereocenters. The van der Waals surface area contributed by atoms with Crippen LogP contribution in [0.1, 0.15) is 33.6 Å². The van der Waals surface area contributed by atoms with E-state index in [1.807, 2.05) is 39.0 Å². The summed E-state index contributed by atoms with van der Waals surface area (Å²) in [4.78, 5) is 2.25. The molecule has 1 aliphatic rings. The van der Waals surface area contributed by atoms with Crippen molar-refractivity contribution in [2.24, 2.45) is 0 Å². The van der Waals surface area contributed by atoms with E-state index in [9.17, 15) is 5.11 Å². The maximum atomic E-state index is 9.99. The molecule has 1 heterocycles. The van der Waals surface area contributed by atoms with Gasteiger partial charge in [-0.3, -0.25) is 0 Å². The van der Waals surface area contributed by atoms with Gasteiger partial charge in [0.15, 0.2) is 0 Å². The van der Waals surface area contributed by atoms with Gasteiger partial charge in [0, 0.05) is 36.6 Å². The Morgan fingerprint density at radius 3 is 2.47 bits per heavy atom. The van der Waals surface area contributed by atoms with Crippen molar-refractivity contribution in [3.8, 4) is 5.75 Å². The van der Waals surface area contributed by atoms with E-state index in [1.54, 1.807) is 0 Å². The third-order valence-corrected chi connectivity index (χ3v) is 3.49. The maximum Gasteiger partial charge on any atom is 0.123 e. The Morgan fingerprint density at radius 1 is 1.26 bits per heavy atom. The lowest BCUT2D eigenvalue weighted by Crippen LogP contribution is -2.42. The first-order valence-electron chi connectivity index (χ1n) is 6.90. The second kappa shape index (κ2) is 5.29. The zero-order valence-electron chi connectivity index (χ0n) is 12.0. The first-order chi connectivity index (χ1) is 8.85. The molecule has 4 heteroatoms. The van der Waals surface area contributed by atoms with E-state index in [-0.39, 0.29) is 6.10 Å². The van der Waals surface area contributed by atoms with E-state index in [4.69, 9.17) is 10.5 Å². The minimum absolute atomic E-state index is 0.136. The molecule has 0 bridgehead atoms. The number of nitrogens with two attached hydrogens (primary N) is 1. The maximum absolute atomic E-state index is 9.99. The normalized spacial score (nSPS) is 18.7. The average Bonchev–Trinajstić information content (AvgIpc) is 2.26. The zero-order chi connectivity index (χ0) is 14.0. The zero-order valence-corrected chi connectivity index (χ0v) is 12.0. The number of nitrogens with zero attached hydrogens (tertiary/aromatic N) is 1. The number of aliphatic hydroxyl groups is 1. The SMILES string of the molecule is CC(C)Oc1cc(N)cc(N2CCC(C)(O)CC2)c1. The summed E-state index contributed by atoms with van der Waals surface area (Å²) in [6, 6.07) is 5.84. The highest BCUT2D eigenvalue weighted by atomic mass is 16.5. The van der Waals surface area contributed by atoms with Gasteiger partial charge in [0.05, 0.1) is 11.7 Å². The molecule has 4 nitrogen and oxygen atoms in total. The van der Waals surface area contributed by atoms with Crippen molar-refractivity contribution in [3.05, 3.63) is 18.2 Å². The van der Waals surface area contributed by atoms with E-state index >= 15 is 0 Å². The van der Waals surface area contributed by atoms with Crippen molar-refractivity contribution >= 4 is 11.4 Å². The lowest BCUT2D eigenvalue weighted by Gasteiger charge is -2.37. The summed E-state index contributed by atoms with van der Waals surface area (Å²) in [5.74, 6) is 0.808. The summed E-state index contributed by atoms with van der Waals surface area (Å²) in [6.07, 6.45) is 1.70. The van der Waals surface area contributed by atoms with Crippen LogP contribution in [0.4, 0.5) is 11.4 Å². The molecule has 0 amide bonds. The molecule has 2 rings (SSSR count). The first kappa shape index (κ1) is 14.0. The fourth-order valence-corrected chi connectivity index (χ4v) is 2.38. The number of nitrogen functional groups attached to an aromatic ring is 1. The Kier molecular flexibility index (Phi) is 3.90. The van der Waals surface area contributed by atoms with Crippen LogP contribution in [0.15, 0.2) is 18.2 Å². The van der Waals surface area contributed by atoms with Crippen LogP contribution in [0.5, 0.6) is 5.75 Å². The van der Waals surface area contributed by atoms with Crippen LogP contribution < -0.4 is 15.4 Å². The molecule has 19 heavy (non-hydrogen) atoms. The van der Waals surface area contributed by atoms with Crippen molar-refractivity contribution in [2.45, 2.75) is 45.3 Å². The van der Waals surface area contributed by atoms with Crippen LogP contribution in [0.25, 0.3) is 0 Å². The predicted molar refractivity (Wildman–Crippen MR) is 78.7 cm³/mol. The van der Waals surface area contributed by atoms with Crippen LogP contribution in [0, 0.1) is 0 Å². The predicted octanol–water partition coefficient (Wildman–Crippen LogP) is 2.41. The minimum Gasteiger partial charge on any atom is -0.491 e. The number of hydrogen-bond acceptors (Lipinski definition) is 4. The molecule has 1 aliphatic heterocycles. The largest absolute Gasteiger partial charge is 0.491 e. The summed E-state index contributed by atoms with van der Waals surface area (Å²) in [5, 5.41) is 9.99. The summed E-state index contributed by atoms with van der Waals surface area (Å²) in [5.41, 5.74) is 7.19. The topological polar surface area (TPSA) is 58.7 Å². The number of hydrogen-bond donors (Lipinski definition) is 2. The number of piperidine rings is 1. The van der Waals surface area contributed by atoms with Gasteiger partial charge < -0.3 is 20.5 Å². The second-order valence-corrected chi connectivity index (χ2v) is 5.91. The molecule has 0 spiro atoms. The molecular weight excluding hydrogens is 240 g/mol. The Bertz CT molecular complexity index is 434. The molecule has 0 radical (unpaired) electrons. The number of ether oxygens (including phenoxy) is 1. The van der Waals surface area contributed by atoms with Crippen LogP contribution >= 0.6 is 0 Å². The van der Waals surface area contributed by atoms with Crippen LogP contribution in [-0.4, -0.2) is 29.9 Å². The van der Waals surface area contributed by atoms with Crippen molar-refractivity contribution in [2.75, 3.05) is 23.7 Å². The number of anilines is 2. The lowest BCUT2D eigenvalue weighted by atomic mass is 9.93. The van der Waals surface area contributed by atoms with E-state index in [0.717, 1.165) is 37.4 Å². The quantitative estimate of drug-likeness (QED) is 0.823. The molecule has 0 unspecified atom stereocenters. The fraction of sp³-hybridized carbons (Fsp3) is 0.600. The molecule has 1 saturated heterocycles. The Labute approximate surface area is 115 Å². The van der Waals surface area contributed by atoms with Crippen molar-refractivity contribution in [1.29, 1.82) is 0 Å². The van der Waals surface area contributed by atoms with E-state index in [1.165, 1.54) is 0 Å². The van der Waals surface area contributed by atoms with Gasteiger partial charge in [-0.1, -0.05) is 0 Å². The molecule has 1 aromatic carbocycles. The van der Waals surface area contributed by atoms with Crippen molar-refractivity contribution < 1.29 is 9.84 Å². The van der Waals surface area contributed by atoms with Gasteiger partial charge in [0.1, 0.15) is 5.75 Å². The van der Waals surface area contributed by atoms with Crippen molar-refractivity contribution in [3.63, 3.8) is 0 Å². The number of rotatable bonds is 3. The smallest absolute Gasteiger partial charge is 0.123 e. The molecule has 0 saturated carbocycles. The highest BCUT2D eigenvalue weighted by Gasteiger charge is 2.27. The number of benzene rings is 1. The third-order valence-electron chi connectivity index (χ3n) is 3.49. The van der Waals surface area contributed by atoms with E-state index < -0.39 is 5.60 Å². The molecule has 3 N–H and O–H groups in total. The average molecular weight is 264 g/mol. The Morgan fingerprint density at radius 2 is 1.89 bits per heavy atom. The Balaban J connectivity index is 2.14. The van der Waals surface area contributed by atoms with Gasteiger partial charge in [0.25, 0.3) is 0 Å². The first-order valence-corrected chi connectivity index (χ1v) is 6.90. The van der Waals surface area contributed by atoms with Gasteiger partial charge in [-0.2, -0.15) is 0 Å². The van der Waals surface area contributed by atoms with Gasteiger partial charge in [-0.15, -0.1) is 0 Å². The molecule has 1 aromatic rings. The summed E-state index contributed by atoms with van der Waals surface area (Å²) < 4.78 is 5.71. The van der Waals surface area contributed by atoms with Gasteiger partial charge in [0.2, 0.25) is 0 Å². The highest BCUT2D eigenvalue weighted by Crippen LogP contribution is 2.30. The molecule has 1 fully saturated rings. The van der Waals surface area contributed by atoms with Crippen molar-refractivity contribution in [1.82, 2.24) is 0 Å². The summed E-state index contributed by atoms with van der Waals surface area (Å²) in [7, 11) is 0. The monoisotopic (exact) mass is 264 g/mol. The minimum atomic E-state index is -0.534. The van der Waals surface area contributed by atoms with Gasteiger partial charge in [-0.25, -0.2) is 0 Å². The third kappa shape index (κ3) is 3.77. The summed E-state index contributed by atoms with van der Waals surface area (Å²) >= 11 is 0. The van der Waals surface area contributed by atoms with Crippen LogP contribution in [0.3, 0.4) is 0 Å². The van der Waals surface area contributed by atoms with E-state index in [0.29, 0.717) is 5.69 Å². The van der Waals surface area contributed by atoms with Crippen LogP contribution in [0.2, 0.25) is 0 Å². The standard InChI is InChI=1S/C15H24N2O2/c1-11(2)19-14-9-12(16)8-13(10-14)17-6-4-15(3,18)5-7-17/h8-11,18H,4-7,16H2,1-3H3.